The van der Waals surface area contributed by atoms with Gasteiger partial charge in [-0.25, -0.2) is 0 Å². The monoisotopic (exact) mass is 255 g/mol. The predicted molar refractivity (Wildman–Crippen MR) is 63.0 cm³/mol. The average molecular weight is 255 g/mol. The molecule has 0 aromatic heterocycles. The van der Waals surface area contributed by atoms with Gasteiger partial charge in [0, 0.05) is 19.6 Å². The third-order valence-electron chi connectivity index (χ3n) is 2.68. The van der Waals surface area contributed by atoms with Crippen molar-refractivity contribution in [1.29, 1.82) is 0 Å². The van der Waals surface area contributed by atoms with Crippen molar-refractivity contribution in [3.63, 3.8) is 0 Å². The van der Waals surface area contributed by atoms with E-state index >= 15 is 0 Å². The van der Waals surface area contributed by atoms with Crippen molar-refractivity contribution in [2.45, 2.75) is 58.9 Å². The largest absolute Gasteiger partial charge is 0.389 e. The molecule has 2 atom stereocenters. The highest BCUT2D eigenvalue weighted by molar-refractivity contribution is 4.86. The Morgan fingerprint density at radius 1 is 1.18 bits per heavy atom. The number of alkyl halides is 3. The summed E-state index contributed by atoms with van der Waals surface area (Å²) in [5.74, 6) is 0. The number of likely N-dealkylation sites (N-methyl/N-ethyl adjacent to an activating group) is 1. The standard InChI is InChI=1S/C12H24F3NO/c1-6-16-9(7-8-12(13,14)15)10(17-5)11(2,3)4/h9-10,16H,6-8H2,1-5H3. The van der Waals surface area contributed by atoms with Crippen LogP contribution in [0.4, 0.5) is 13.2 Å². The summed E-state index contributed by atoms with van der Waals surface area (Å²) in [6.07, 6.45) is -5.07. The van der Waals surface area contributed by atoms with Gasteiger partial charge in [0.25, 0.3) is 0 Å². The van der Waals surface area contributed by atoms with Gasteiger partial charge in [-0.1, -0.05) is 27.7 Å². The highest BCUT2D eigenvalue weighted by Gasteiger charge is 2.35. The Balaban J connectivity index is 4.59. The first kappa shape index (κ1) is 16.7. The summed E-state index contributed by atoms with van der Waals surface area (Å²) in [7, 11) is 1.55. The second-order valence-corrected chi connectivity index (χ2v) is 5.34. The molecule has 2 unspecified atom stereocenters. The average Bonchev–Trinajstić information content (AvgIpc) is 2.11. The van der Waals surface area contributed by atoms with Crippen LogP contribution in [0.1, 0.15) is 40.5 Å². The number of hydrogen-bond donors (Lipinski definition) is 1. The molecular weight excluding hydrogens is 231 g/mol. The topological polar surface area (TPSA) is 21.3 Å². The van der Waals surface area contributed by atoms with E-state index in [1.165, 1.54) is 0 Å². The molecule has 0 aliphatic carbocycles. The van der Waals surface area contributed by atoms with E-state index in [1.54, 1.807) is 7.11 Å². The maximum absolute atomic E-state index is 12.3. The Kier molecular flexibility index (Phi) is 6.48. The molecule has 0 spiro atoms. The fourth-order valence-electron chi connectivity index (χ4n) is 2.06. The molecule has 0 amide bonds. The highest BCUT2D eigenvalue weighted by Crippen LogP contribution is 2.29. The van der Waals surface area contributed by atoms with E-state index in [4.69, 9.17) is 4.74 Å². The van der Waals surface area contributed by atoms with Gasteiger partial charge in [-0.3, -0.25) is 0 Å². The van der Waals surface area contributed by atoms with Gasteiger partial charge in [0.15, 0.2) is 0 Å². The zero-order valence-electron chi connectivity index (χ0n) is 11.3. The summed E-state index contributed by atoms with van der Waals surface area (Å²) in [6.45, 7) is 8.44. The number of nitrogens with one attached hydrogen (secondary N) is 1. The lowest BCUT2D eigenvalue weighted by molar-refractivity contribution is -0.139. The minimum Gasteiger partial charge on any atom is -0.379 e. The fraction of sp³-hybridized carbons (Fsp3) is 1.00. The van der Waals surface area contributed by atoms with Crippen LogP contribution < -0.4 is 5.32 Å². The lowest BCUT2D eigenvalue weighted by Crippen LogP contribution is -2.48. The summed E-state index contributed by atoms with van der Waals surface area (Å²) in [5, 5.41) is 3.09. The van der Waals surface area contributed by atoms with Gasteiger partial charge >= 0.3 is 6.18 Å². The van der Waals surface area contributed by atoms with Gasteiger partial charge in [-0.15, -0.1) is 0 Å². The first-order valence-electron chi connectivity index (χ1n) is 5.94. The van der Waals surface area contributed by atoms with Crippen LogP contribution in [-0.2, 0) is 4.74 Å². The van der Waals surface area contributed by atoms with E-state index in [9.17, 15) is 13.2 Å². The molecule has 0 radical (unpaired) electrons. The molecule has 1 N–H and O–H groups in total. The molecule has 0 bridgehead atoms. The summed E-state index contributed by atoms with van der Waals surface area (Å²) in [6, 6.07) is -0.272. The van der Waals surface area contributed by atoms with Crippen LogP contribution in [-0.4, -0.2) is 32.0 Å². The number of ether oxygens (including phenoxy) is 1. The molecule has 0 aliphatic rings. The van der Waals surface area contributed by atoms with Gasteiger partial charge in [-0.05, 0) is 18.4 Å². The minimum atomic E-state index is -4.11. The van der Waals surface area contributed by atoms with Crippen LogP contribution in [0.25, 0.3) is 0 Å². The van der Waals surface area contributed by atoms with Gasteiger partial charge in [0.1, 0.15) is 0 Å². The minimum absolute atomic E-state index is 0.0487. The molecule has 0 rings (SSSR count). The van der Waals surface area contributed by atoms with Crippen LogP contribution in [0, 0.1) is 5.41 Å². The first-order chi connectivity index (χ1) is 7.61. The van der Waals surface area contributed by atoms with Crippen molar-refractivity contribution in [2.24, 2.45) is 5.41 Å². The van der Waals surface area contributed by atoms with Crippen molar-refractivity contribution in [3.8, 4) is 0 Å². The van der Waals surface area contributed by atoms with Crippen molar-refractivity contribution in [2.75, 3.05) is 13.7 Å². The fourth-order valence-corrected chi connectivity index (χ4v) is 2.06. The summed E-state index contributed by atoms with van der Waals surface area (Å²) in [4.78, 5) is 0. The van der Waals surface area contributed by atoms with Crippen molar-refractivity contribution >= 4 is 0 Å². The molecule has 0 saturated heterocycles. The van der Waals surface area contributed by atoms with E-state index in [2.05, 4.69) is 5.32 Å². The third-order valence-corrected chi connectivity index (χ3v) is 2.68. The molecular formula is C12H24F3NO. The Morgan fingerprint density at radius 3 is 2.00 bits per heavy atom. The summed E-state index contributed by atoms with van der Waals surface area (Å²) in [5.41, 5.74) is -0.187. The maximum Gasteiger partial charge on any atom is 0.389 e. The number of halogens is 3. The molecule has 0 aromatic rings. The highest BCUT2D eigenvalue weighted by atomic mass is 19.4. The van der Waals surface area contributed by atoms with Crippen LogP contribution in [0.15, 0.2) is 0 Å². The number of rotatable bonds is 6. The van der Waals surface area contributed by atoms with E-state index in [1.807, 2.05) is 27.7 Å². The van der Waals surface area contributed by atoms with Crippen LogP contribution in [0.2, 0.25) is 0 Å². The van der Waals surface area contributed by atoms with E-state index in [0.717, 1.165) is 0 Å². The van der Waals surface area contributed by atoms with Gasteiger partial charge in [-0.2, -0.15) is 13.2 Å². The molecule has 0 aliphatic heterocycles. The van der Waals surface area contributed by atoms with Crippen LogP contribution >= 0.6 is 0 Å². The Morgan fingerprint density at radius 2 is 1.71 bits per heavy atom. The third kappa shape index (κ3) is 6.88. The predicted octanol–water partition coefficient (Wildman–Crippen LogP) is 3.37. The second-order valence-electron chi connectivity index (χ2n) is 5.34. The molecule has 5 heteroatoms. The van der Waals surface area contributed by atoms with Crippen LogP contribution in [0.5, 0.6) is 0 Å². The van der Waals surface area contributed by atoms with Crippen molar-refractivity contribution in [1.82, 2.24) is 5.32 Å². The SMILES string of the molecule is CCNC(CCC(F)(F)F)C(OC)C(C)(C)C. The number of methoxy groups -OCH3 is 1. The molecule has 0 heterocycles. The smallest absolute Gasteiger partial charge is 0.379 e. The van der Waals surface area contributed by atoms with Crippen molar-refractivity contribution in [3.05, 3.63) is 0 Å². The lowest BCUT2D eigenvalue weighted by atomic mass is 9.83. The Hall–Kier alpha value is -0.290. The van der Waals surface area contributed by atoms with E-state index < -0.39 is 12.6 Å². The Bertz CT molecular complexity index is 211. The van der Waals surface area contributed by atoms with Crippen molar-refractivity contribution < 1.29 is 17.9 Å². The zero-order valence-corrected chi connectivity index (χ0v) is 11.3. The maximum atomic E-state index is 12.3. The molecule has 0 fully saturated rings. The summed E-state index contributed by atoms with van der Waals surface area (Å²) < 4.78 is 42.1. The Labute approximate surface area is 102 Å². The quantitative estimate of drug-likeness (QED) is 0.785. The van der Waals surface area contributed by atoms with Gasteiger partial charge in [0.05, 0.1) is 6.10 Å². The summed E-state index contributed by atoms with van der Waals surface area (Å²) >= 11 is 0. The van der Waals surface area contributed by atoms with Gasteiger partial charge < -0.3 is 10.1 Å². The normalized spacial score (nSPS) is 16.9. The van der Waals surface area contributed by atoms with E-state index in [-0.39, 0.29) is 24.0 Å². The molecule has 2 nitrogen and oxygen atoms in total. The lowest BCUT2D eigenvalue weighted by Gasteiger charge is -2.36. The zero-order chi connectivity index (χ0) is 13.7. The number of hydrogen-bond acceptors (Lipinski definition) is 2. The van der Waals surface area contributed by atoms with E-state index in [0.29, 0.717) is 6.54 Å². The second kappa shape index (κ2) is 6.59. The van der Waals surface area contributed by atoms with Gasteiger partial charge in [0.2, 0.25) is 0 Å². The molecule has 17 heavy (non-hydrogen) atoms. The first-order valence-corrected chi connectivity index (χ1v) is 5.94. The molecule has 104 valence electrons. The van der Waals surface area contributed by atoms with Crippen LogP contribution in [0.3, 0.4) is 0 Å². The molecule has 0 saturated carbocycles. The molecule has 0 aromatic carbocycles.